The molecule has 0 heterocycles. The largest absolute Gasteiger partial charge is 0.395 e. The van der Waals surface area contributed by atoms with E-state index in [1.54, 1.807) is 29.2 Å². The van der Waals surface area contributed by atoms with Crippen molar-refractivity contribution in [1.82, 2.24) is 0 Å². The third kappa shape index (κ3) is 5.46. The molecule has 1 aromatic rings. The molecule has 1 aromatic carbocycles. The molecule has 1 unspecified atom stereocenters. The summed E-state index contributed by atoms with van der Waals surface area (Å²) in [7, 11) is -4.21. The van der Waals surface area contributed by atoms with Crippen LogP contribution in [0.3, 0.4) is 0 Å². The Kier molecular flexibility index (Phi) is 5.54. The molecule has 1 rings (SSSR count). The fraction of sp³-hybridized carbons (Fsp3) is 0.455. The van der Waals surface area contributed by atoms with Crippen molar-refractivity contribution in [2.24, 2.45) is 0 Å². The summed E-state index contributed by atoms with van der Waals surface area (Å²) in [5, 5.41) is 18.5. The standard InChI is InChI=1S/C11H17NO5S/c13-7-6-12(10-4-2-1-3-5-10)8-11(14)9-18(15,16)17/h1-5,11,13-14H,6-9H2,(H,15,16,17). The maximum Gasteiger partial charge on any atom is 0.267 e. The molecule has 7 heteroatoms. The SMILES string of the molecule is O=S(=O)(O)CC(O)CN(CCO)c1ccccc1. The maximum absolute atomic E-state index is 10.6. The lowest BCUT2D eigenvalue weighted by molar-refractivity contribution is 0.196. The lowest BCUT2D eigenvalue weighted by atomic mass is 10.2. The van der Waals surface area contributed by atoms with E-state index in [0.717, 1.165) is 5.69 Å². The molecule has 0 saturated carbocycles. The van der Waals surface area contributed by atoms with Crippen molar-refractivity contribution < 1.29 is 23.2 Å². The second-order valence-electron chi connectivity index (χ2n) is 3.91. The van der Waals surface area contributed by atoms with E-state index in [9.17, 15) is 13.5 Å². The molecular formula is C11H17NO5S. The predicted molar refractivity (Wildman–Crippen MR) is 68.2 cm³/mol. The van der Waals surface area contributed by atoms with Gasteiger partial charge < -0.3 is 15.1 Å². The summed E-state index contributed by atoms with van der Waals surface area (Å²) < 4.78 is 29.9. The van der Waals surface area contributed by atoms with Crippen molar-refractivity contribution in [1.29, 1.82) is 0 Å². The molecule has 0 fully saturated rings. The third-order valence-electron chi connectivity index (χ3n) is 2.33. The second kappa shape index (κ2) is 6.69. The van der Waals surface area contributed by atoms with Gasteiger partial charge in [-0.25, -0.2) is 0 Å². The van der Waals surface area contributed by atoms with Crippen LogP contribution < -0.4 is 4.90 Å². The summed E-state index contributed by atoms with van der Waals surface area (Å²) in [6.07, 6.45) is -1.22. The number of hydrogen-bond donors (Lipinski definition) is 3. The average molecular weight is 275 g/mol. The van der Waals surface area contributed by atoms with Gasteiger partial charge in [0.05, 0.1) is 12.7 Å². The minimum Gasteiger partial charge on any atom is -0.395 e. The van der Waals surface area contributed by atoms with Crippen LogP contribution >= 0.6 is 0 Å². The van der Waals surface area contributed by atoms with Crippen molar-refractivity contribution in [3.05, 3.63) is 30.3 Å². The van der Waals surface area contributed by atoms with Crippen LogP contribution in [0.5, 0.6) is 0 Å². The Morgan fingerprint density at radius 2 is 1.83 bits per heavy atom. The van der Waals surface area contributed by atoms with E-state index in [4.69, 9.17) is 9.66 Å². The van der Waals surface area contributed by atoms with Crippen LogP contribution in [0, 0.1) is 0 Å². The van der Waals surface area contributed by atoms with E-state index in [2.05, 4.69) is 0 Å². The van der Waals surface area contributed by atoms with Crippen LogP contribution in [0.2, 0.25) is 0 Å². The van der Waals surface area contributed by atoms with Crippen LogP contribution in [-0.4, -0.2) is 54.7 Å². The molecule has 0 aliphatic carbocycles. The lowest BCUT2D eigenvalue weighted by Crippen LogP contribution is -2.37. The van der Waals surface area contributed by atoms with E-state index in [-0.39, 0.29) is 19.7 Å². The summed E-state index contributed by atoms with van der Waals surface area (Å²) >= 11 is 0. The van der Waals surface area contributed by atoms with Gasteiger partial charge in [0.1, 0.15) is 5.75 Å². The molecule has 0 saturated heterocycles. The first-order chi connectivity index (χ1) is 8.42. The fourth-order valence-electron chi connectivity index (χ4n) is 1.64. The molecule has 0 aromatic heterocycles. The molecule has 102 valence electrons. The van der Waals surface area contributed by atoms with E-state index >= 15 is 0 Å². The van der Waals surface area contributed by atoms with Gasteiger partial charge in [-0.3, -0.25) is 4.55 Å². The molecule has 3 N–H and O–H groups in total. The number of rotatable bonds is 7. The van der Waals surface area contributed by atoms with Crippen LogP contribution in [0.1, 0.15) is 0 Å². The van der Waals surface area contributed by atoms with E-state index in [1.807, 2.05) is 6.07 Å². The average Bonchev–Trinajstić information content (AvgIpc) is 2.27. The molecule has 0 bridgehead atoms. The minimum absolute atomic E-state index is 0.0182. The Morgan fingerprint density at radius 3 is 2.33 bits per heavy atom. The van der Waals surface area contributed by atoms with Crippen molar-refractivity contribution in [3.8, 4) is 0 Å². The van der Waals surface area contributed by atoms with Crippen molar-refractivity contribution in [2.75, 3.05) is 30.3 Å². The highest BCUT2D eigenvalue weighted by atomic mass is 32.2. The van der Waals surface area contributed by atoms with Crippen LogP contribution in [0.4, 0.5) is 5.69 Å². The third-order valence-corrected chi connectivity index (χ3v) is 3.13. The fourth-order valence-corrected chi connectivity index (χ4v) is 2.23. The van der Waals surface area contributed by atoms with Gasteiger partial charge in [-0.05, 0) is 12.1 Å². The summed E-state index contributed by atoms with van der Waals surface area (Å²) in [5.74, 6) is -0.720. The van der Waals surface area contributed by atoms with Crippen LogP contribution in [0.25, 0.3) is 0 Å². The Hall–Kier alpha value is -1.15. The summed E-state index contributed by atoms with van der Waals surface area (Å²) in [4.78, 5) is 1.65. The zero-order chi connectivity index (χ0) is 13.6. The van der Waals surface area contributed by atoms with Gasteiger partial charge in [0.25, 0.3) is 10.1 Å². The second-order valence-corrected chi connectivity index (χ2v) is 5.40. The summed E-state index contributed by atoms with van der Waals surface area (Å²) in [5.41, 5.74) is 0.765. The number of aliphatic hydroxyl groups excluding tert-OH is 2. The first-order valence-electron chi connectivity index (χ1n) is 5.46. The molecule has 18 heavy (non-hydrogen) atoms. The van der Waals surface area contributed by atoms with Crippen molar-refractivity contribution in [2.45, 2.75) is 6.10 Å². The Morgan fingerprint density at radius 1 is 1.22 bits per heavy atom. The number of benzene rings is 1. The first-order valence-corrected chi connectivity index (χ1v) is 7.07. The smallest absolute Gasteiger partial charge is 0.267 e. The van der Waals surface area contributed by atoms with Gasteiger partial charge in [-0.2, -0.15) is 8.42 Å². The van der Waals surface area contributed by atoms with Gasteiger partial charge in [-0.1, -0.05) is 18.2 Å². The number of nitrogens with zero attached hydrogens (tertiary/aromatic N) is 1. The number of aliphatic hydroxyl groups is 2. The lowest BCUT2D eigenvalue weighted by Gasteiger charge is -2.26. The predicted octanol–water partition coefficient (Wildman–Crippen LogP) is -0.266. The van der Waals surface area contributed by atoms with E-state index < -0.39 is 22.0 Å². The topological polar surface area (TPSA) is 98.1 Å². The van der Waals surface area contributed by atoms with E-state index in [0.29, 0.717) is 0 Å². The minimum atomic E-state index is -4.21. The highest BCUT2D eigenvalue weighted by Crippen LogP contribution is 2.13. The molecule has 0 aliphatic heterocycles. The highest BCUT2D eigenvalue weighted by Gasteiger charge is 2.17. The van der Waals surface area contributed by atoms with Crippen molar-refractivity contribution >= 4 is 15.8 Å². The normalized spacial score (nSPS) is 13.3. The number of hydrogen-bond acceptors (Lipinski definition) is 5. The monoisotopic (exact) mass is 275 g/mol. The molecule has 1 atom stereocenters. The Labute approximate surface area is 106 Å². The zero-order valence-electron chi connectivity index (χ0n) is 9.81. The molecule has 0 radical (unpaired) electrons. The highest BCUT2D eigenvalue weighted by molar-refractivity contribution is 7.85. The van der Waals surface area contributed by atoms with Gasteiger partial charge in [-0.15, -0.1) is 0 Å². The van der Waals surface area contributed by atoms with Gasteiger partial charge in [0.15, 0.2) is 0 Å². The molecule has 6 nitrogen and oxygen atoms in total. The molecule has 0 amide bonds. The molecule has 0 spiro atoms. The Bertz CT molecular complexity index is 448. The van der Waals surface area contributed by atoms with Crippen LogP contribution in [-0.2, 0) is 10.1 Å². The molecule has 0 aliphatic rings. The maximum atomic E-state index is 10.6. The Balaban J connectivity index is 2.69. The summed E-state index contributed by atoms with van der Waals surface area (Å²) in [6.45, 7) is 0.171. The van der Waals surface area contributed by atoms with E-state index in [1.165, 1.54) is 0 Å². The first kappa shape index (κ1) is 14.9. The quantitative estimate of drug-likeness (QED) is 0.593. The zero-order valence-corrected chi connectivity index (χ0v) is 10.6. The van der Waals surface area contributed by atoms with Gasteiger partial charge in [0, 0.05) is 18.8 Å². The van der Waals surface area contributed by atoms with Crippen LogP contribution in [0.15, 0.2) is 30.3 Å². The number of para-hydroxylation sites is 1. The molecular weight excluding hydrogens is 258 g/mol. The van der Waals surface area contributed by atoms with Gasteiger partial charge in [0.2, 0.25) is 0 Å². The number of anilines is 1. The van der Waals surface area contributed by atoms with Crippen molar-refractivity contribution in [3.63, 3.8) is 0 Å². The summed E-state index contributed by atoms with van der Waals surface area (Å²) in [6, 6.07) is 9.00. The van der Waals surface area contributed by atoms with Gasteiger partial charge >= 0.3 is 0 Å².